The van der Waals surface area contributed by atoms with Crippen LogP contribution in [0.3, 0.4) is 0 Å². The lowest BCUT2D eigenvalue weighted by Crippen LogP contribution is -2.31. The van der Waals surface area contributed by atoms with E-state index in [2.05, 4.69) is 42.5 Å². The molecule has 3 amide bonds. The number of benzene rings is 5. The van der Waals surface area contributed by atoms with Crippen LogP contribution >= 0.6 is 11.6 Å². The van der Waals surface area contributed by atoms with Crippen molar-refractivity contribution in [2.75, 3.05) is 61.8 Å². The third kappa shape index (κ3) is 54.4. The minimum Gasteiger partial charge on any atom is -0.594 e. The Morgan fingerprint density at radius 2 is 0.773 bits per heavy atom. The number of aliphatic carboxylic acids is 2. The number of nitrogen functional groups attached to an aromatic ring is 8. The number of alkyl halides is 3. The molecule has 5 aromatic carbocycles. The number of pyridine rings is 2. The predicted octanol–water partition coefficient (Wildman–Crippen LogP) is 10.7. The number of carboxylic acid groups (broad SMARTS) is 2. The van der Waals surface area contributed by atoms with Crippen molar-refractivity contribution in [3.05, 3.63) is 170 Å². The molecule has 88 heavy (non-hydrogen) atoms. The molecule has 0 unspecified atom stereocenters. The van der Waals surface area contributed by atoms with E-state index in [1.54, 1.807) is 124 Å². The largest absolute Gasteiger partial charge is 0.594 e. The van der Waals surface area contributed by atoms with Gasteiger partial charge in [-0.15, -0.1) is 0 Å². The number of nitrogens with two attached hydrogens (primary N) is 8. The minimum absolute atomic E-state index is 0. The summed E-state index contributed by atoms with van der Waals surface area (Å²) < 4.78 is 36.8. The van der Waals surface area contributed by atoms with E-state index in [-0.39, 0.29) is 45.2 Å². The van der Waals surface area contributed by atoms with Gasteiger partial charge in [0.2, 0.25) is 23.0 Å². The Kier molecular flexibility index (Phi) is 49.8. The van der Waals surface area contributed by atoms with E-state index in [1.807, 2.05) is 66.7 Å². The van der Waals surface area contributed by atoms with E-state index in [9.17, 15) is 37.5 Å². The van der Waals surface area contributed by atoms with Gasteiger partial charge in [-0.25, -0.2) is 19.8 Å². The molecular formula is C60H85ClF3N14O10-. The van der Waals surface area contributed by atoms with Crippen LogP contribution in [0.25, 0.3) is 0 Å². The van der Waals surface area contributed by atoms with E-state index >= 15 is 0 Å². The fourth-order valence-corrected chi connectivity index (χ4v) is 4.59. The molecule has 7 aromatic rings. The van der Waals surface area contributed by atoms with E-state index in [1.165, 1.54) is 27.7 Å². The molecule has 484 valence electrons. The standard InChI is InChI=1S/C11H16N2O2.2C8H10N2O.C7H8N2O.2C6H8N2.C5H6N2.C2H3ClO.C2HF3O2.C2H4O2.3CH4/c1-11(2,3)15-10(14)13-9-7-5-4-6-8(9)12;2*1-6(11)10-8-5-3-2-4-7(8)9;1-6(10)9-7-4-2-3-5-8-7;2*7-5-3-1-2-4-6(5)8;6-5-3-1-2-4-7-5;1-2(3)4;3-2(4,5)1(6)7;1-2(3)4;;;/h4-7H,12H2,1-3H3,(H,13,14);2*2-5H,9H2,1H3,(H,10,11);2-5H,1H3,(H,8,9,10);2*1-4H,7-8H2;1-4H,(H2,6,7);1H3;(H,6,7);1H3,(H,3,4);3*1H4/p-1. The van der Waals surface area contributed by atoms with Gasteiger partial charge in [-0.1, -0.05) is 116 Å². The van der Waals surface area contributed by atoms with Gasteiger partial charge in [-0.05, 0) is 96.5 Å². The Bertz CT molecular complexity index is 2940. The number of rotatable bonds is 4. The fourth-order valence-electron chi connectivity index (χ4n) is 4.59. The second-order valence-corrected chi connectivity index (χ2v) is 17.4. The molecule has 0 radical (unpaired) electrons. The zero-order chi connectivity index (χ0) is 65.7. The molecule has 7 rings (SSSR count). The van der Waals surface area contributed by atoms with E-state index in [0.717, 1.165) is 6.92 Å². The molecule has 0 aliphatic rings. The van der Waals surface area contributed by atoms with Crippen molar-refractivity contribution in [2.24, 2.45) is 4.99 Å². The SMILES string of the molecule is C.C.C.CC(=O)Cl.CC(=O)Nc1ccccc1N.CC(=O)Nc1ccccc1N.CC(=O)Nc1ccccn1.CC(=O)O.CC(C)(C)OC([O-])=Nc1ccccc1N.Nc1ccccc1N.Nc1ccccc1N.Nc1ccccn1.O=C(O)C(F)(F)F. The summed E-state index contributed by atoms with van der Waals surface area (Å²) in [6, 6.07) is 46.5. The summed E-state index contributed by atoms with van der Waals surface area (Å²) in [7, 11) is 0. The molecule has 0 saturated carbocycles. The quantitative estimate of drug-likeness (QED) is 0.0337. The maximum atomic E-state index is 11.3. The lowest BCUT2D eigenvalue weighted by Gasteiger charge is -2.29. The Balaban J connectivity index is -0.000000216. The Labute approximate surface area is 517 Å². The highest BCUT2D eigenvalue weighted by atomic mass is 35.5. The molecular weight excluding hydrogens is 1170 g/mol. The number of amides is 3. The summed E-state index contributed by atoms with van der Waals surface area (Å²) in [6.45, 7) is 12.1. The highest BCUT2D eigenvalue weighted by Gasteiger charge is 2.38. The van der Waals surface area contributed by atoms with E-state index in [0.29, 0.717) is 68.5 Å². The number of hydrogen-bond donors (Lipinski definition) is 13. The van der Waals surface area contributed by atoms with Gasteiger partial charge in [0, 0.05) is 52.6 Å². The van der Waals surface area contributed by atoms with Crippen molar-refractivity contribution in [3.8, 4) is 0 Å². The molecule has 24 nitrogen and oxygen atoms in total. The van der Waals surface area contributed by atoms with Gasteiger partial charge in [0.25, 0.3) is 5.97 Å². The van der Waals surface area contributed by atoms with Crippen LogP contribution < -0.4 is 66.9 Å². The molecule has 21 N–H and O–H groups in total. The monoisotopic (exact) mass is 1250 g/mol. The number of halogens is 4. The number of aromatic nitrogens is 2. The number of carbonyl (C=O) groups excluding carboxylic acids is 4. The second-order valence-electron chi connectivity index (χ2n) is 16.9. The topological polar surface area (TPSA) is 458 Å². The van der Waals surface area contributed by atoms with Gasteiger partial charge in [0.15, 0.2) is 6.08 Å². The molecule has 0 spiro atoms. The highest BCUT2D eigenvalue weighted by Crippen LogP contribution is 2.21. The van der Waals surface area contributed by atoms with Crippen LogP contribution in [0.5, 0.6) is 0 Å². The van der Waals surface area contributed by atoms with Crippen LogP contribution in [0.2, 0.25) is 0 Å². The highest BCUT2D eigenvalue weighted by molar-refractivity contribution is 6.62. The predicted molar refractivity (Wildman–Crippen MR) is 351 cm³/mol. The van der Waals surface area contributed by atoms with Crippen LogP contribution in [-0.4, -0.2) is 72.9 Å². The normalized spacial score (nSPS) is 9.25. The maximum Gasteiger partial charge on any atom is 0.490 e. The second kappa shape index (κ2) is 49.6. The zero-order valence-electron chi connectivity index (χ0n) is 47.8. The van der Waals surface area contributed by atoms with Crippen LogP contribution in [0.1, 0.15) is 77.7 Å². The van der Waals surface area contributed by atoms with Crippen LogP contribution in [0, 0.1) is 0 Å². The average molecular weight is 1250 g/mol. The molecule has 0 saturated heterocycles. The molecule has 0 aliphatic carbocycles. The molecule has 0 aliphatic heterocycles. The van der Waals surface area contributed by atoms with Crippen molar-refractivity contribution in [3.63, 3.8) is 0 Å². The van der Waals surface area contributed by atoms with Gasteiger partial charge < -0.3 is 81.9 Å². The molecule has 2 aromatic heterocycles. The van der Waals surface area contributed by atoms with Gasteiger partial charge in [-0.2, -0.15) is 13.2 Å². The molecule has 0 atom stereocenters. The van der Waals surface area contributed by atoms with Gasteiger partial charge >= 0.3 is 12.1 Å². The van der Waals surface area contributed by atoms with Crippen molar-refractivity contribution in [1.29, 1.82) is 0 Å². The number of anilines is 11. The first kappa shape index (κ1) is 88.4. The van der Waals surface area contributed by atoms with Crippen molar-refractivity contribution in [1.82, 2.24) is 9.97 Å². The summed E-state index contributed by atoms with van der Waals surface area (Å²) in [6.07, 6.45) is -2.42. The number of ether oxygens (including phenoxy) is 1. The van der Waals surface area contributed by atoms with Gasteiger partial charge in [0.05, 0.1) is 56.9 Å². The first-order chi connectivity index (χ1) is 39.5. The summed E-state index contributed by atoms with van der Waals surface area (Å²) in [5.74, 6) is -2.74. The van der Waals surface area contributed by atoms with Crippen molar-refractivity contribution >= 4 is 121 Å². The number of carbonyl (C=O) groups is 6. The zero-order valence-corrected chi connectivity index (χ0v) is 48.6. The van der Waals surface area contributed by atoms with Crippen LogP contribution in [-0.2, 0) is 33.5 Å². The Hall–Kier alpha value is -10.8. The molecule has 0 fully saturated rings. The lowest BCUT2D eigenvalue weighted by atomic mass is 10.2. The molecule has 28 heteroatoms. The lowest BCUT2D eigenvalue weighted by molar-refractivity contribution is -0.259. The summed E-state index contributed by atoms with van der Waals surface area (Å²) >= 11 is 4.64. The van der Waals surface area contributed by atoms with Crippen LogP contribution in [0.15, 0.2) is 175 Å². The number of para-hydroxylation sites is 10. The third-order valence-corrected chi connectivity index (χ3v) is 7.98. The summed E-state index contributed by atoms with van der Waals surface area (Å²) in [4.78, 5) is 70.2. The first-order valence-corrected chi connectivity index (χ1v) is 24.6. The van der Waals surface area contributed by atoms with Gasteiger partial charge in [0.1, 0.15) is 11.6 Å². The number of hydrogen-bond acceptors (Lipinski definition) is 19. The first-order valence-electron chi connectivity index (χ1n) is 24.2. The Morgan fingerprint density at radius 3 is 1.00 bits per heavy atom. The Morgan fingerprint density at radius 1 is 0.489 bits per heavy atom. The number of aliphatic imine (C=N–C) groups is 1. The number of carboxylic acids is 2. The molecule has 2 heterocycles. The fraction of sp³-hybridized carbons (Fsp3) is 0.217. The average Bonchev–Trinajstić information content (AvgIpc) is 3.51. The summed E-state index contributed by atoms with van der Waals surface area (Å²) in [5, 5.41) is 33.3. The number of nitrogens with one attached hydrogen (secondary N) is 3. The molecule has 0 bridgehead atoms. The van der Waals surface area contributed by atoms with Crippen molar-refractivity contribution in [2.45, 2.75) is 89.4 Å². The minimum atomic E-state index is -5.08. The number of nitrogens with zero attached hydrogens (tertiary/aromatic N) is 3. The van der Waals surface area contributed by atoms with Crippen LogP contribution in [0.4, 0.5) is 81.7 Å². The smallest absolute Gasteiger partial charge is 0.490 e. The summed E-state index contributed by atoms with van der Waals surface area (Å²) in [5.41, 5.74) is 49.0. The van der Waals surface area contributed by atoms with E-state index in [4.69, 9.17) is 70.4 Å². The van der Waals surface area contributed by atoms with Gasteiger partial charge in [-0.3, -0.25) is 24.0 Å². The maximum absolute atomic E-state index is 11.3. The third-order valence-electron chi connectivity index (χ3n) is 7.98. The van der Waals surface area contributed by atoms with E-state index < -0.39 is 29.8 Å². The van der Waals surface area contributed by atoms with Crippen molar-refractivity contribution < 1.29 is 62.0 Å².